The van der Waals surface area contributed by atoms with Gasteiger partial charge in [0.1, 0.15) is 6.61 Å². The molecule has 0 radical (unpaired) electrons. The smallest absolute Gasteiger partial charge is 0.367 e. The van der Waals surface area contributed by atoms with Gasteiger partial charge in [-0.3, -0.25) is 10.2 Å². The highest BCUT2D eigenvalue weighted by molar-refractivity contribution is 5.94. The van der Waals surface area contributed by atoms with Gasteiger partial charge in [0.25, 0.3) is 5.91 Å². The van der Waals surface area contributed by atoms with Crippen LogP contribution < -0.4 is 16.2 Å². The third-order valence-electron chi connectivity index (χ3n) is 3.79. The molecule has 1 aliphatic heterocycles. The van der Waals surface area contributed by atoms with Crippen LogP contribution in [-0.4, -0.2) is 30.9 Å². The molecule has 3 N–H and O–H groups in total. The number of hydrogen-bond acceptors (Lipinski definition) is 4. The number of hydrazine groups is 1. The lowest BCUT2D eigenvalue weighted by molar-refractivity contribution is -0.176. The van der Waals surface area contributed by atoms with E-state index in [4.69, 9.17) is 0 Å². The van der Waals surface area contributed by atoms with Crippen LogP contribution in [0.5, 0.6) is 0 Å². The van der Waals surface area contributed by atoms with Gasteiger partial charge in [-0.25, -0.2) is 5.43 Å². The van der Waals surface area contributed by atoms with Gasteiger partial charge in [0.2, 0.25) is 0 Å². The van der Waals surface area contributed by atoms with E-state index in [0.29, 0.717) is 23.1 Å². The summed E-state index contributed by atoms with van der Waals surface area (Å²) in [5.41, 5.74) is 7.20. The summed E-state index contributed by atoms with van der Waals surface area (Å²) in [4.78, 5) is 12.2. The molecule has 0 aromatic heterocycles. The summed E-state index contributed by atoms with van der Waals surface area (Å²) in [6, 6.07) is 6.61. The maximum Gasteiger partial charge on any atom is 0.411 e. The monoisotopic (exact) mass is 345 g/mol. The highest BCUT2D eigenvalue weighted by atomic mass is 19.4. The lowest BCUT2D eigenvalue weighted by Crippen LogP contribution is -2.44. The maximum absolute atomic E-state index is 12.2. The molecular weight excluding hydrogens is 323 g/mol. The number of halogens is 3. The number of alkyl halides is 3. The van der Waals surface area contributed by atoms with Crippen molar-refractivity contribution < 1.29 is 22.7 Å². The zero-order valence-corrected chi connectivity index (χ0v) is 13.6. The third kappa shape index (κ3) is 5.77. The molecule has 8 heteroatoms. The molecule has 1 aromatic rings. The van der Waals surface area contributed by atoms with Crippen LogP contribution in [0.25, 0.3) is 0 Å². The second kappa shape index (κ2) is 7.96. The van der Waals surface area contributed by atoms with E-state index in [1.807, 2.05) is 0 Å². The summed E-state index contributed by atoms with van der Waals surface area (Å²) in [5.74, 6) is 0.219. The minimum Gasteiger partial charge on any atom is -0.367 e. The number of benzene rings is 1. The largest absolute Gasteiger partial charge is 0.411 e. The molecule has 2 rings (SSSR count). The van der Waals surface area contributed by atoms with E-state index in [1.165, 1.54) is 0 Å². The van der Waals surface area contributed by atoms with Crippen LogP contribution in [0.4, 0.5) is 13.2 Å². The molecule has 0 saturated carbocycles. The molecule has 0 aliphatic carbocycles. The van der Waals surface area contributed by atoms with E-state index >= 15 is 0 Å². The number of carbonyl (C=O) groups excluding carboxylic acids is 1. The SMILES string of the molecule is CC(C)C1CC(NC(=O)c2ccc(COCC(F)(F)F)cc2)NN1. The predicted molar refractivity (Wildman–Crippen MR) is 82.9 cm³/mol. The Morgan fingerprint density at radius 3 is 2.50 bits per heavy atom. The molecule has 0 bridgehead atoms. The average Bonchev–Trinajstić information content (AvgIpc) is 2.95. The van der Waals surface area contributed by atoms with Crippen LogP contribution in [0.2, 0.25) is 0 Å². The zero-order valence-electron chi connectivity index (χ0n) is 13.6. The molecule has 1 amide bonds. The van der Waals surface area contributed by atoms with Crippen LogP contribution >= 0.6 is 0 Å². The van der Waals surface area contributed by atoms with Gasteiger partial charge in [-0.05, 0) is 30.0 Å². The van der Waals surface area contributed by atoms with Gasteiger partial charge in [0.05, 0.1) is 12.8 Å². The molecule has 1 heterocycles. The molecule has 2 unspecified atom stereocenters. The number of rotatable bonds is 6. The van der Waals surface area contributed by atoms with E-state index in [9.17, 15) is 18.0 Å². The summed E-state index contributed by atoms with van der Waals surface area (Å²) in [5, 5.41) is 2.87. The summed E-state index contributed by atoms with van der Waals surface area (Å²) in [6.07, 6.45) is -3.71. The number of amides is 1. The maximum atomic E-state index is 12.2. The molecule has 0 spiro atoms. The molecule has 5 nitrogen and oxygen atoms in total. The van der Waals surface area contributed by atoms with Gasteiger partial charge < -0.3 is 10.1 Å². The summed E-state index contributed by atoms with van der Waals surface area (Å²) < 4.78 is 40.6. The summed E-state index contributed by atoms with van der Waals surface area (Å²) >= 11 is 0. The standard InChI is InChI=1S/C16H22F3N3O2/c1-10(2)13-7-14(22-21-13)20-15(23)12-5-3-11(4-6-12)8-24-9-16(17,18)19/h3-6,10,13-14,21-22H,7-9H2,1-2H3,(H,20,23). The molecule has 1 aliphatic rings. The molecule has 1 fully saturated rings. The molecular formula is C16H22F3N3O2. The van der Waals surface area contributed by atoms with Gasteiger partial charge in [0, 0.05) is 11.6 Å². The lowest BCUT2D eigenvalue weighted by atomic mass is 10.0. The van der Waals surface area contributed by atoms with Gasteiger partial charge in [-0.2, -0.15) is 13.2 Å². The Balaban J connectivity index is 1.81. The van der Waals surface area contributed by atoms with Crippen LogP contribution in [-0.2, 0) is 11.3 Å². The van der Waals surface area contributed by atoms with E-state index in [2.05, 4.69) is 34.8 Å². The molecule has 24 heavy (non-hydrogen) atoms. The van der Waals surface area contributed by atoms with Crippen molar-refractivity contribution >= 4 is 5.91 Å². The molecule has 1 saturated heterocycles. The Morgan fingerprint density at radius 1 is 1.29 bits per heavy atom. The predicted octanol–water partition coefficient (Wildman–Crippen LogP) is 2.34. The fraction of sp³-hybridized carbons (Fsp3) is 0.562. The zero-order chi connectivity index (χ0) is 17.7. The van der Waals surface area contributed by atoms with Gasteiger partial charge in [-0.15, -0.1) is 0 Å². The number of ether oxygens (including phenoxy) is 1. The Morgan fingerprint density at radius 2 is 1.96 bits per heavy atom. The Labute approximate surface area is 138 Å². The Bertz CT molecular complexity index is 546. The molecule has 1 aromatic carbocycles. The summed E-state index contributed by atoms with van der Waals surface area (Å²) in [6.45, 7) is 2.77. The van der Waals surface area contributed by atoms with Crippen molar-refractivity contribution in [1.82, 2.24) is 16.2 Å². The first kappa shape index (κ1) is 18.7. The van der Waals surface area contributed by atoms with Crippen LogP contribution in [0.15, 0.2) is 24.3 Å². The quantitative estimate of drug-likeness (QED) is 0.741. The highest BCUT2D eigenvalue weighted by Gasteiger charge is 2.28. The fourth-order valence-corrected chi connectivity index (χ4v) is 2.39. The first-order valence-corrected chi connectivity index (χ1v) is 7.80. The number of hydrogen-bond donors (Lipinski definition) is 3. The van der Waals surface area contributed by atoms with Gasteiger partial charge in [-0.1, -0.05) is 26.0 Å². The van der Waals surface area contributed by atoms with Crippen molar-refractivity contribution in [3.8, 4) is 0 Å². The lowest BCUT2D eigenvalue weighted by Gasteiger charge is -2.14. The Kier molecular flexibility index (Phi) is 6.20. The van der Waals surface area contributed by atoms with Crippen LogP contribution in [0.3, 0.4) is 0 Å². The Hall–Kier alpha value is -1.64. The van der Waals surface area contributed by atoms with E-state index < -0.39 is 12.8 Å². The minimum absolute atomic E-state index is 0.147. The summed E-state index contributed by atoms with van der Waals surface area (Å²) in [7, 11) is 0. The number of carbonyl (C=O) groups is 1. The van der Waals surface area contributed by atoms with Crippen LogP contribution in [0.1, 0.15) is 36.2 Å². The van der Waals surface area contributed by atoms with E-state index in [1.54, 1.807) is 24.3 Å². The van der Waals surface area contributed by atoms with Crippen molar-refractivity contribution in [2.75, 3.05) is 6.61 Å². The minimum atomic E-state index is -4.34. The van der Waals surface area contributed by atoms with Crippen molar-refractivity contribution in [2.45, 2.75) is 45.3 Å². The topological polar surface area (TPSA) is 62.4 Å². The number of nitrogens with one attached hydrogen (secondary N) is 3. The van der Waals surface area contributed by atoms with Crippen molar-refractivity contribution in [1.29, 1.82) is 0 Å². The van der Waals surface area contributed by atoms with Gasteiger partial charge in [0.15, 0.2) is 0 Å². The second-order valence-electron chi connectivity index (χ2n) is 6.21. The first-order valence-electron chi connectivity index (χ1n) is 7.80. The average molecular weight is 345 g/mol. The van der Waals surface area contributed by atoms with Crippen molar-refractivity contribution in [3.05, 3.63) is 35.4 Å². The van der Waals surface area contributed by atoms with E-state index in [-0.39, 0.29) is 18.7 Å². The molecule has 2 atom stereocenters. The molecule has 134 valence electrons. The second-order valence-corrected chi connectivity index (χ2v) is 6.21. The van der Waals surface area contributed by atoms with Gasteiger partial charge >= 0.3 is 6.18 Å². The van der Waals surface area contributed by atoms with Crippen molar-refractivity contribution in [2.24, 2.45) is 5.92 Å². The van der Waals surface area contributed by atoms with E-state index in [0.717, 1.165) is 6.42 Å². The fourth-order valence-electron chi connectivity index (χ4n) is 2.39. The first-order chi connectivity index (χ1) is 11.2. The normalized spacial score (nSPS) is 21.2. The van der Waals surface area contributed by atoms with Crippen molar-refractivity contribution in [3.63, 3.8) is 0 Å². The third-order valence-corrected chi connectivity index (χ3v) is 3.79. The highest BCUT2D eigenvalue weighted by Crippen LogP contribution is 2.16. The van der Waals surface area contributed by atoms with Crippen LogP contribution in [0, 0.1) is 5.92 Å².